The molecule has 0 spiro atoms. The van der Waals surface area contributed by atoms with E-state index in [1.807, 2.05) is 26.0 Å². The first-order valence-corrected chi connectivity index (χ1v) is 10.2. The number of hydrogen-bond donors (Lipinski definition) is 1. The van der Waals surface area contributed by atoms with Gasteiger partial charge in [0.2, 0.25) is 5.88 Å². The summed E-state index contributed by atoms with van der Waals surface area (Å²) in [6.07, 6.45) is -0.934. The van der Waals surface area contributed by atoms with Crippen molar-refractivity contribution >= 4 is 23.2 Å². The summed E-state index contributed by atoms with van der Waals surface area (Å²) in [5.74, 6) is 0.489. The van der Waals surface area contributed by atoms with Gasteiger partial charge in [0.15, 0.2) is 6.10 Å². The molecule has 0 aliphatic carbocycles. The van der Waals surface area contributed by atoms with E-state index in [1.54, 1.807) is 25.1 Å². The van der Waals surface area contributed by atoms with E-state index < -0.39 is 12.0 Å². The molecule has 1 heterocycles. The Morgan fingerprint density at radius 1 is 1.06 bits per heavy atom. The number of anilines is 1. The van der Waals surface area contributed by atoms with Gasteiger partial charge in [-0.2, -0.15) is 4.68 Å². The van der Waals surface area contributed by atoms with E-state index in [4.69, 9.17) is 25.8 Å². The largest absolute Gasteiger partial charge is 0.497 e. The number of nitrogens with one attached hydrogen (secondary N) is 1. The van der Waals surface area contributed by atoms with Crippen LogP contribution in [0.25, 0.3) is 5.69 Å². The molecule has 0 aliphatic heterocycles. The zero-order valence-corrected chi connectivity index (χ0v) is 19.2. The molecule has 0 bridgehead atoms. The Balaban J connectivity index is 1.80. The monoisotopic (exact) mass is 457 g/mol. The van der Waals surface area contributed by atoms with Gasteiger partial charge in [0.25, 0.3) is 11.5 Å². The zero-order chi connectivity index (χ0) is 23.4. The molecule has 168 valence electrons. The van der Waals surface area contributed by atoms with Crippen molar-refractivity contribution in [2.45, 2.75) is 26.9 Å². The van der Waals surface area contributed by atoms with Crippen LogP contribution in [0.3, 0.4) is 0 Å². The normalized spacial score (nSPS) is 11.6. The number of methoxy groups -OCH3 is 2. The number of aryl methyl sites for hydroxylation is 2. The van der Waals surface area contributed by atoms with Crippen LogP contribution in [0.15, 0.2) is 47.3 Å². The molecule has 0 aliphatic rings. The maximum atomic E-state index is 12.7. The van der Waals surface area contributed by atoms with E-state index in [-0.39, 0.29) is 16.5 Å². The Bertz CT molecular complexity index is 1210. The van der Waals surface area contributed by atoms with Gasteiger partial charge in [-0.3, -0.25) is 9.59 Å². The lowest BCUT2D eigenvalue weighted by atomic mass is 10.1. The van der Waals surface area contributed by atoms with Crippen LogP contribution in [0.5, 0.6) is 17.4 Å². The molecule has 1 unspecified atom stereocenters. The molecule has 3 aromatic rings. The number of hydrogen-bond acceptors (Lipinski definition) is 6. The molecule has 0 saturated heterocycles. The molecule has 9 heteroatoms. The molecule has 0 saturated carbocycles. The third kappa shape index (κ3) is 5.03. The Labute approximate surface area is 190 Å². The van der Waals surface area contributed by atoms with Gasteiger partial charge in [-0.15, -0.1) is 5.10 Å². The SMILES string of the molecule is COc1cc(Cl)c(NC(=O)C(C)Oc2ccc(=O)n(-c3ccc(C)c(C)c3)n2)c(OC)c1. The minimum Gasteiger partial charge on any atom is -0.497 e. The van der Waals surface area contributed by atoms with Crippen LogP contribution in [0.4, 0.5) is 5.69 Å². The predicted molar refractivity (Wildman–Crippen MR) is 123 cm³/mol. The van der Waals surface area contributed by atoms with Crippen molar-refractivity contribution < 1.29 is 19.0 Å². The molecule has 2 aromatic carbocycles. The first-order chi connectivity index (χ1) is 15.2. The summed E-state index contributed by atoms with van der Waals surface area (Å²) in [6.45, 7) is 5.50. The van der Waals surface area contributed by atoms with Crippen molar-refractivity contribution in [2.75, 3.05) is 19.5 Å². The predicted octanol–water partition coefficient (Wildman–Crippen LogP) is 3.93. The fourth-order valence-electron chi connectivity index (χ4n) is 2.92. The fraction of sp³-hybridized carbons (Fsp3) is 0.261. The molecule has 1 amide bonds. The Morgan fingerprint density at radius 2 is 1.81 bits per heavy atom. The first kappa shape index (κ1) is 23.1. The van der Waals surface area contributed by atoms with Crippen LogP contribution < -0.4 is 25.1 Å². The fourth-order valence-corrected chi connectivity index (χ4v) is 3.16. The molecule has 8 nitrogen and oxygen atoms in total. The summed E-state index contributed by atoms with van der Waals surface area (Å²) in [5.41, 5.74) is 2.72. The van der Waals surface area contributed by atoms with E-state index >= 15 is 0 Å². The first-order valence-electron chi connectivity index (χ1n) is 9.80. The summed E-state index contributed by atoms with van der Waals surface area (Å²) < 4.78 is 17.4. The molecule has 32 heavy (non-hydrogen) atoms. The van der Waals surface area contributed by atoms with Crippen LogP contribution >= 0.6 is 11.6 Å². The van der Waals surface area contributed by atoms with Crippen molar-refractivity contribution in [2.24, 2.45) is 0 Å². The van der Waals surface area contributed by atoms with Gasteiger partial charge in [-0.05, 0) is 44.0 Å². The van der Waals surface area contributed by atoms with Crippen molar-refractivity contribution in [3.05, 3.63) is 69.0 Å². The second-order valence-electron chi connectivity index (χ2n) is 7.13. The van der Waals surface area contributed by atoms with Crippen molar-refractivity contribution in [3.63, 3.8) is 0 Å². The number of rotatable bonds is 7. The van der Waals surface area contributed by atoms with Gasteiger partial charge in [-0.25, -0.2) is 0 Å². The number of halogens is 1. The van der Waals surface area contributed by atoms with E-state index in [9.17, 15) is 9.59 Å². The van der Waals surface area contributed by atoms with Gasteiger partial charge in [0, 0.05) is 24.3 Å². The second-order valence-corrected chi connectivity index (χ2v) is 7.53. The van der Waals surface area contributed by atoms with E-state index in [0.29, 0.717) is 22.9 Å². The number of aromatic nitrogens is 2. The highest BCUT2D eigenvalue weighted by Gasteiger charge is 2.20. The van der Waals surface area contributed by atoms with E-state index in [2.05, 4.69) is 10.4 Å². The van der Waals surface area contributed by atoms with Gasteiger partial charge in [0.05, 0.1) is 24.9 Å². The number of carbonyl (C=O) groups excluding carboxylic acids is 1. The second kappa shape index (κ2) is 9.74. The summed E-state index contributed by atoms with van der Waals surface area (Å²) in [5, 5.41) is 7.20. The van der Waals surface area contributed by atoms with Crippen molar-refractivity contribution in [3.8, 4) is 23.1 Å². The van der Waals surface area contributed by atoms with Crippen LogP contribution in [0.1, 0.15) is 18.1 Å². The number of ether oxygens (including phenoxy) is 3. The number of benzene rings is 2. The molecule has 3 rings (SSSR count). The molecule has 1 aromatic heterocycles. The minimum absolute atomic E-state index is 0.123. The van der Waals surface area contributed by atoms with Crippen LogP contribution in [0.2, 0.25) is 5.02 Å². The number of amides is 1. The maximum absolute atomic E-state index is 12.7. The number of nitrogens with zero attached hydrogens (tertiary/aromatic N) is 2. The Morgan fingerprint density at radius 3 is 2.47 bits per heavy atom. The quantitative estimate of drug-likeness (QED) is 0.578. The molecular formula is C23H24ClN3O5. The minimum atomic E-state index is -0.934. The van der Waals surface area contributed by atoms with Gasteiger partial charge >= 0.3 is 0 Å². The zero-order valence-electron chi connectivity index (χ0n) is 18.4. The Hall–Kier alpha value is -3.52. The van der Waals surface area contributed by atoms with Gasteiger partial charge < -0.3 is 19.5 Å². The lowest BCUT2D eigenvalue weighted by Crippen LogP contribution is -2.31. The molecule has 1 N–H and O–H groups in total. The third-order valence-corrected chi connectivity index (χ3v) is 5.21. The average molecular weight is 458 g/mol. The third-order valence-electron chi connectivity index (χ3n) is 4.91. The summed E-state index contributed by atoms with van der Waals surface area (Å²) >= 11 is 6.26. The van der Waals surface area contributed by atoms with Crippen LogP contribution in [-0.2, 0) is 4.79 Å². The summed E-state index contributed by atoms with van der Waals surface area (Å²) in [7, 11) is 2.96. The van der Waals surface area contributed by atoms with Crippen LogP contribution in [-0.4, -0.2) is 36.0 Å². The van der Waals surface area contributed by atoms with Crippen LogP contribution in [0, 0.1) is 13.8 Å². The lowest BCUT2D eigenvalue weighted by molar-refractivity contribution is -0.122. The average Bonchev–Trinajstić information content (AvgIpc) is 2.77. The summed E-state index contributed by atoms with van der Waals surface area (Å²) in [6, 6.07) is 11.5. The number of carbonyl (C=O) groups is 1. The van der Waals surface area contributed by atoms with Crippen molar-refractivity contribution in [1.29, 1.82) is 0 Å². The standard InChI is InChI=1S/C23H24ClN3O5/c1-13-6-7-16(10-14(13)2)27-21(28)9-8-20(26-27)32-15(3)23(29)25-22-18(24)11-17(30-4)12-19(22)31-5/h6-12,15H,1-5H3,(H,25,29). The molecule has 0 fully saturated rings. The maximum Gasteiger partial charge on any atom is 0.271 e. The highest BCUT2D eigenvalue weighted by molar-refractivity contribution is 6.34. The van der Waals surface area contributed by atoms with Gasteiger partial charge in [0.1, 0.15) is 17.2 Å². The van der Waals surface area contributed by atoms with E-state index in [0.717, 1.165) is 11.1 Å². The van der Waals surface area contributed by atoms with Crippen molar-refractivity contribution in [1.82, 2.24) is 9.78 Å². The highest BCUT2D eigenvalue weighted by atomic mass is 35.5. The molecule has 1 atom stereocenters. The molecule has 0 radical (unpaired) electrons. The smallest absolute Gasteiger partial charge is 0.271 e. The summed E-state index contributed by atoms with van der Waals surface area (Å²) in [4.78, 5) is 25.0. The molecular weight excluding hydrogens is 434 g/mol. The topological polar surface area (TPSA) is 91.7 Å². The Kier molecular flexibility index (Phi) is 7.05. The highest BCUT2D eigenvalue weighted by Crippen LogP contribution is 2.37. The lowest BCUT2D eigenvalue weighted by Gasteiger charge is -2.17. The van der Waals surface area contributed by atoms with Gasteiger partial charge in [-0.1, -0.05) is 17.7 Å². The van der Waals surface area contributed by atoms with E-state index in [1.165, 1.54) is 31.0 Å².